The largest absolute Gasteiger partial charge is 0.378 e. The summed E-state index contributed by atoms with van der Waals surface area (Å²) >= 11 is 0. The first-order chi connectivity index (χ1) is 7.74. The second-order valence-electron chi connectivity index (χ2n) is 4.48. The molecule has 0 aromatic rings. The summed E-state index contributed by atoms with van der Waals surface area (Å²) in [6.45, 7) is 2.27. The molecule has 4 nitrogen and oxygen atoms in total. The number of carbonyl (C=O) groups is 1. The molecule has 1 fully saturated rings. The highest BCUT2D eigenvalue weighted by atomic mass is 16.5. The number of amides is 1. The van der Waals surface area contributed by atoms with Gasteiger partial charge in [-0.05, 0) is 38.6 Å². The molecule has 0 radical (unpaired) electrons. The zero-order chi connectivity index (χ0) is 11.8. The lowest BCUT2D eigenvalue weighted by Crippen LogP contribution is -2.30. The summed E-state index contributed by atoms with van der Waals surface area (Å²) in [5.41, 5.74) is 5.41. The minimum absolute atomic E-state index is 0.211. The molecule has 1 amide bonds. The van der Waals surface area contributed by atoms with Crippen molar-refractivity contribution >= 4 is 5.91 Å². The smallest absolute Gasteiger partial charge is 0.222 e. The maximum atomic E-state index is 11.7. The SMILES string of the molecule is CN(CCCN)C(=O)CCC1CCCCO1. The maximum absolute atomic E-state index is 11.7. The van der Waals surface area contributed by atoms with Crippen LogP contribution in [0.4, 0.5) is 0 Å². The minimum atomic E-state index is 0.211. The summed E-state index contributed by atoms with van der Waals surface area (Å²) in [5, 5.41) is 0. The number of rotatable bonds is 6. The molecule has 0 bridgehead atoms. The van der Waals surface area contributed by atoms with Crippen LogP contribution in [-0.2, 0) is 9.53 Å². The first-order valence-corrected chi connectivity index (χ1v) is 6.29. The van der Waals surface area contributed by atoms with Crippen molar-refractivity contribution in [3.8, 4) is 0 Å². The summed E-state index contributed by atoms with van der Waals surface area (Å²) in [6, 6.07) is 0. The van der Waals surface area contributed by atoms with E-state index in [9.17, 15) is 4.79 Å². The standard InChI is InChI=1S/C12H24N2O2/c1-14(9-4-8-13)12(15)7-6-11-5-2-3-10-16-11/h11H,2-10,13H2,1H3. The average molecular weight is 228 g/mol. The van der Waals surface area contributed by atoms with Gasteiger partial charge < -0.3 is 15.4 Å². The second kappa shape index (κ2) is 7.63. The molecular formula is C12H24N2O2. The van der Waals surface area contributed by atoms with Crippen LogP contribution in [0.25, 0.3) is 0 Å². The van der Waals surface area contributed by atoms with Crippen LogP contribution in [0.5, 0.6) is 0 Å². The Kier molecular flexibility index (Phi) is 6.42. The van der Waals surface area contributed by atoms with E-state index in [1.807, 2.05) is 7.05 Å². The van der Waals surface area contributed by atoms with E-state index in [-0.39, 0.29) is 5.91 Å². The fourth-order valence-electron chi connectivity index (χ4n) is 1.96. The third-order valence-electron chi connectivity index (χ3n) is 3.08. The van der Waals surface area contributed by atoms with Crippen LogP contribution in [0.1, 0.15) is 38.5 Å². The maximum Gasteiger partial charge on any atom is 0.222 e. The first kappa shape index (κ1) is 13.5. The Balaban J connectivity index is 2.12. The molecular weight excluding hydrogens is 204 g/mol. The van der Waals surface area contributed by atoms with Gasteiger partial charge in [0.15, 0.2) is 0 Å². The molecule has 0 aliphatic carbocycles. The molecule has 0 saturated carbocycles. The van der Waals surface area contributed by atoms with E-state index < -0.39 is 0 Å². The van der Waals surface area contributed by atoms with Crippen LogP contribution in [-0.4, -0.2) is 43.7 Å². The van der Waals surface area contributed by atoms with Gasteiger partial charge in [-0.15, -0.1) is 0 Å². The van der Waals surface area contributed by atoms with E-state index in [2.05, 4.69) is 0 Å². The summed E-state index contributed by atoms with van der Waals surface area (Å²) in [4.78, 5) is 13.5. The van der Waals surface area contributed by atoms with Crippen molar-refractivity contribution in [2.24, 2.45) is 5.73 Å². The highest BCUT2D eigenvalue weighted by Gasteiger charge is 2.16. The molecule has 1 aliphatic rings. The number of hydrogen-bond acceptors (Lipinski definition) is 3. The van der Waals surface area contributed by atoms with Crippen LogP contribution in [0.2, 0.25) is 0 Å². The molecule has 0 spiro atoms. The van der Waals surface area contributed by atoms with Crippen LogP contribution in [0, 0.1) is 0 Å². The Hall–Kier alpha value is -0.610. The van der Waals surface area contributed by atoms with Crippen LogP contribution in [0.3, 0.4) is 0 Å². The molecule has 4 heteroatoms. The van der Waals surface area contributed by atoms with Gasteiger partial charge in [0.1, 0.15) is 0 Å². The Labute approximate surface area is 98.1 Å². The van der Waals surface area contributed by atoms with Crippen LogP contribution in [0.15, 0.2) is 0 Å². The molecule has 1 aliphatic heterocycles. The topological polar surface area (TPSA) is 55.6 Å². The lowest BCUT2D eigenvalue weighted by molar-refractivity contribution is -0.131. The molecule has 0 aromatic heterocycles. The van der Waals surface area contributed by atoms with Gasteiger partial charge in [-0.3, -0.25) is 4.79 Å². The Bertz CT molecular complexity index is 203. The van der Waals surface area contributed by atoms with Gasteiger partial charge in [-0.2, -0.15) is 0 Å². The Morgan fingerprint density at radius 3 is 2.94 bits per heavy atom. The number of carbonyl (C=O) groups excluding carboxylic acids is 1. The zero-order valence-electron chi connectivity index (χ0n) is 10.3. The molecule has 0 aromatic carbocycles. The normalized spacial score (nSPS) is 20.8. The predicted octanol–water partition coefficient (Wildman–Crippen LogP) is 1.14. The third kappa shape index (κ3) is 4.94. The van der Waals surface area contributed by atoms with E-state index in [1.165, 1.54) is 12.8 Å². The Morgan fingerprint density at radius 2 is 2.31 bits per heavy atom. The first-order valence-electron chi connectivity index (χ1n) is 6.29. The van der Waals surface area contributed by atoms with Crippen molar-refractivity contribution < 1.29 is 9.53 Å². The molecule has 1 atom stereocenters. The van der Waals surface area contributed by atoms with Gasteiger partial charge in [0, 0.05) is 26.6 Å². The van der Waals surface area contributed by atoms with E-state index in [1.54, 1.807) is 4.90 Å². The zero-order valence-corrected chi connectivity index (χ0v) is 10.3. The third-order valence-corrected chi connectivity index (χ3v) is 3.08. The lowest BCUT2D eigenvalue weighted by Gasteiger charge is -2.23. The van der Waals surface area contributed by atoms with Gasteiger partial charge in [-0.25, -0.2) is 0 Å². The lowest BCUT2D eigenvalue weighted by atomic mass is 10.0. The van der Waals surface area contributed by atoms with Gasteiger partial charge in [-0.1, -0.05) is 0 Å². The Morgan fingerprint density at radius 1 is 1.50 bits per heavy atom. The summed E-state index contributed by atoms with van der Waals surface area (Å²) in [5.74, 6) is 0.211. The molecule has 1 rings (SSSR count). The van der Waals surface area contributed by atoms with Crippen molar-refractivity contribution in [2.75, 3.05) is 26.7 Å². The van der Waals surface area contributed by atoms with E-state index in [4.69, 9.17) is 10.5 Å². The van der Waals surface area contributed by atoms with Gasteiger partial charge in [0.2, 0.25) is 5.91 Å². The highest BCUT2D eigenvalue weighted by molar-refractivity contribution is 5.75. The van der Waals surface area contributed by atoms with Gasteiger partial charge >= 0.3 is 0 Å². The molecule has 94 valence electrons. The average Bonchev–Trinajstić information content (AvgIpc) is 2.34. The number of nitrogens with two attached hydrogens (primary N) is 1. The number of ether oxygens (including phenoxy) is 1. The summed E-state index contributed by atoms with van der Waals surface area (Å²) in [7, 11) is 1.85. The number of nitrogens with zero attached hydrogens (tertiary/aromatic N) is 1. The van der Waals surface area contributed by atoms with Crippen molar-refractivity contribution in [1.29, 1.82) is 0 Å². The van der Waals surface area contributed by atoms with Crippen molar-refractivity contribution in [1.82, 2.24) is 4.90 Å². The summed E-state index contributed by atoms with van der Waals surface area (Å²) in [6.07, 6.45) is 6.17. The quantitative estimate of drug-likeness (QED) is 0.742. The van der Waals surface area contributed by atoms with Crippen molar-refractivity contribution in [2.45, 2.75) is 44.6 Å². The highest BCUT2D eigenvalue weighted by Crippen LogP contribution is 2.17. The second-order valence-corrected chi connectivity index (χ2v) is 4.48. The molecule has 1 saturated heterocycles. The van der Waals surface area contributed by atoms with E-state index in [0.717, 1.165) is 32.4 Å². The predicted molar refractivity (Wildman–Crippen MR) is 64.1 cm³/mol. The van der Waals surface area contributed by atoms with E-state index in [0.29, 0.717) is 19.1 Å². The van der Waals surface area contributed by atoms with Crippen LogP contribution >= 0.6 is 0 Å². The van der Waals surface area contributed by atoms with E-state index >= 15 is 0 Å². The summed E-state index contributed by atoms with van der Waals surface area (Å²) < 4.78 is 5.60. The monoisotopic (exact) mass is 228 g/mol. The fourth-order valence-corrected chi connectivity index (χ4v) is 1.96. The fraction of sp³-hybridized carbons (Fsp3) is 0.917. The van der Waals surface area contributed by atoms with Crippen molar-refractivity contribution in [3.05, 3.63) is 0 Å². The van der Waals surface area contributed by atoms with Crippen molar-refractivity contribution in [3.63, 3.8) is 0 Å². The van der Waals surface area contributed by atoms with Crippen LogP contribution < -0.4 is 5.73 Å². The molecule has 1 unspecified atom stereocenters. The van der Waals surface area contributed by atoms with Gasteiger partial charge in [0.25, 0.3) is 0 Å². The molecule has 16 heavy (non-hydrogen) atoms. The molecule has 1 heterocycles. The minimum Gasteiger partial charge on any atom is -0.378 e. The van der Waals surface area contributed by atoms with Gasteiger partial charge in [0.05, 0.1) is 6.10 Å². The molecule has 2 N–H and O–H groups in total. The number of hydrogen-bond donors (Lipinski definition) is 1.